The van der Waals surface area contributed by atoms with E-state index in [2.05, 4.69) is 0 Å². The molecule has 0 saturated carbocycles. The highest BCUT2D eigenvalue weighted by molar-refractivity contribution is 5.80. The first-order valence-electron chi connectivity index (χ1n) is 5.76. The van der Waals surface area contributed by atoms with Crippen LogP contribution < -0.4 is 5.73 Å². The molecule has 17 heavy (non-hydrogen) atoms. The van der Waals surface area contributed by atoms with E-state index in [0.717, 1.165) is 6.42 Å². The maximum absolute atomic E-state index is 11.9. The summed E-state index contributed by atoms with van der Waals surface area (Å²) in [6.07, 6.45) is 0.721. The van der Waals surface area contributed by atoms with Crippen molar-refractivity contribution in [1.82, 2.24) is 4.90 Å². The van der Waals surface area contributed by atoms with Crippen LogP contribution in [0, 0.1) is 5.92 Å². The zero-order valence-corrected chi connectivity index (χ0v) is 10.3. The van der Waals surface area contributed by atoms with Crippen LogP contribution in [0.2, 0.25) is 0 Å². The summed E-state index contributed by atoms with van der Waals surface area (Å²) >= 11 is 0. The predicted octanol–water partition coefficient (Wildman–Crippen LogP) is -0.327. The Morgan fingerprint density at radius 3 is 2.53 bits per heavy atom. The van der Waals surface area contributed by atoms with Crippen LogP contribution in [0.15, 0.2) is 0 Å². The van der Waals surface area contributed by atoms with E-state index in [1.807, 2.05) is 13.8 Å². The average molecular weight is 244 g/mol. The lowest BCUT2D eigenvalue weighted by molar-refractivity contribution is -0.175. The molecule has 1 atom stereocenters. The number of amides is 1. The van der Waals surface area contributed by atoms with Crippen molar-refractivity contribution in [3.63, 3.8) is 0 Å². The van der Waals surface area contributed by atoms with Crippen LogP contribution in [0.1, 0.15) is 20.3 Å². The van der Waals surface area contributed by atoms with Gasteiger partial charge in [0.2, 0.25) is 5.91 Å². The summed E-state index contributed by atoms with van der Waals surface area (Å²) in [4.78, 5) is 23.9. The number of hydrogen-bond acceptors (Lipinski definition) is 4. The lowest BCUT2D eigenvalue weighted by Gasteiger charge is -2.48. The minimum atomic E-state index is -0.996. The van der Waals surface area contributed by atoms with Crippen molar-refractivity contribution in [3.8, 4) is 0 Å². The zero-order valence-electron chi connectivity index (χ0n) is 10.3. The molecule has 6 nitrogen and oxygen atoms in total. The predicted molar refractivity (Wildman–Crippen MR) is 61.4 cm³/mol. The number of aliphatic carboxylic acids is 1. The van der Waals surface area contributed by atoms with E-state index < -0.39 is 11.6 Å². The number of nitrogens with two attached hydrogens (primary N) is 1. The lowest BCUT2D eigenvalue weighted by atomic mass is 9.93. The monoisotopic (exact) mass is 244 g/mol. The van der Waals surface area contributed by atoms with Crippen molar-refractivity contribution in [2.45, 2.75) is 25.9 Å². The number of rotatable bonds is 6. The van der Waals surface area contributed by atoms with Crippen molar-refractivity contribution >= 4 is 11.9 Å². The molecule has 6 heteroatoms. The standard InChI is InChI=1S/C11H20N2O4/c1-3-8(4-12)10(16)13-6-11(2,7-13)17-5-9(14)15/h8H,3-7,12H2,1-2H3,(H,14,15). The van der Waals surface area contributed by atoms with Crippen LogP contribution in [0.3, 0.4) is 0 Å². The van der Waals surface area contributed by atoms with Crippen LogP contribution in [-0.4, -0.2) is 53.7 Å². The molecule has 1 rings (SSSR count). The molecule has 1 unspecified atom stereocenters. The first-order chi connectivity index (χ1) is 7.91. The Labute approximate surface area is 101 Å². The number of ether oxygens (including phenoxy) is 1. The molecule has 98 valence electrons. The largest absolute Gasteiger partial charge is 0.480 e. The molecule has 1 fully saturated rings. The molecule has 0 aromatic rings. The highest BCUT2D eigenvalue weighted by atomic mass is 16.5. The van der Waals surface area contributed by atoms with Crippen LogP contribution in [0.5, 0.6) is 0 Å². The molecule has 0 aromatic carbocycles. The van der Waals surface area contributed by atoms with Gasteiger partial charge < -0.3 is 20.5 Å². The quantitative estimate of drug-likeness (QED) is 0.667. The van der Waals surface area contributed by atoms with Gasteiger partial charge in [0.05, 0.1) is 19.0 Å². The van der Waals surface area contributed by atoms with Gasteiger partial charge in [-0.25, -0.2) is 4.79 Å². The smallest absolute Gasteiger partial charge is 0.329 e. The molecule has 0 radical (unpaired) electrons. The second-order valence-electron chi connectivity index (χ2n) is 4.67. The van der Waals surface area contributed by atoms with E-state index in [-0.39, 0.29) is 18.4 Å². The second kappa shape index (κ2) is 5.46. The molecular weight excluding hydrogens is 224 g/mol. The average Bonchev–Trinajstić information content (AvgIpc) is 2.24. The molecule has 0 spiro atoms. The second-order valence-corrected chi connectivity index (χ2v) is 4.67. The van der Waals surface area contributed by atoms with E-state index in [1.54, 1.807) is 4.90 Å². The van der Waals surface area contributed by atoms with Crippen LogP contribution >= 0.6 is 0 Å². The third-order valence-electron chi connectivity index (χ3n) is 3.03. The Morgan fingerprint density at radius 2 is 2.12 bits per heavy atom. The van der Waals surface area contributed by atoms with Gasteiger partial charge in [0.25, 0.3) is 0 Å². The SMILES string of the molecule is CCC(CN)C(=O)N1CC(C)(OCC(=O)O)C1. The topological polar surface area (TPSA) is 92.9 Å². The molecule has 1 heterocycles. The molecule has 0 aliphatic carbocycles. The van der Waals surface area contributed by atoms with Gasteiger partial charge in [-0.05, 0) is 13.3 Å². The number of carboxylic acids is 1. The molecule has 1 aliphatic rings. The highest BCUT2D eigenvalue weighted by Gasteiger charge is 2.43. The Morgan fingerprint density at radius 1 is 1.53 bits per heavy atom. The van der Waals surface area contributed by atoms with Gasteiger partial charge in [-0.15, -0.1) is 0 Å². The Kier molecular flexibility index (Phi) is 4.47. The van der Waals surface area contributed by atoms with E-state index in [4.69, 9.17) is 15.6 Å². The van der Waals surface area contributed by atoms with Crippen molar-refractivity contribution in [2.24, 2.45) is 11.7 Å². The molecular formula is C11H20N2O4. The Bertz CT molecular complexity index is 296. The highest BCUT2D eigenvalue weighted by Crippen LogP contribution is 2.26. The molecule has 3 N–H and O–H groups in total. The third kappa shape index (κ3) is 3.41. The summed E-state index contributed by atoms with van der Waals surface area (Å²) in [5.74, 6) is -1.10. The number of carboxylic acid groups (broad SMARTS) is 1. The van der Waals surface area contributed by atoms with Gasteiger partial charge in [-0.3, -0.25) is 4.79 Å². The summed E-state index contributed by atoms with van der Waals surface area (Å²) in [6.45, 7) is 4.63. The van der Waals surface area contributed by atoms with Gasteiger partial charge in [-0.1, -0.05) is 6.92 Å². The zero-order chi connectivity index (χ0) is 13.1. The van der Waals surface area contributed by atoms with Gasteiger partial charge in [0.1, 0.15) is 12.2 Å². The summed E-state index contributed by atoms with van der Waals surface area (Å²) in [7, 11) is 0. The van der Waals surface area contributed by atoms with Gasteiger partial charge in [0.15, 0.2) is 0 Å². The van der Waals surface area contributed by atoms with Crippen LogP contribution in [0.25, 0.3) is 0 Å². The third-order valence-corrected chi connectivity index (χ3v) is 3.03. The lowest BCUT2D eigenvalue weighted by Crippen LogP contribution is -2.64. The summed E-state index contributed by atoms with van der Waals surface area (Å²) in [5.41, 5.74) is 4.98. The molecule has 1 saturated heterocycles. The van der Waals surface area contributed by atoms with E-state index >= 15 is 0 Å². The van der Waals surface area contributed by atoms with E-state index in [0.29, 0.717) is 19.6 Å². The van der Waals surface area contributed by atoms with Gasteiger partial charge >= 0.3 is 5.97 Å². The summed E-state index contributed by atoms with van der Waals surface area (Å²) in [6, 6.07) is 0. The van der Waals surface area contributed by atoms with Crippen molar-refractivity contribution in [3.05, 3.63) is 0 Å². The number of nitrogens with zero attached hydrogens (tertiary/aromatic N) is 1. The van der Waals surface area contributed by atoms with Crippen molar-refractivity contribution < 1.29 is 19.4 Å². The number of hydrogen-bond donors (Lipinski definition) is 2. The first-order valence-corrected chi connectivity index (χ1v) is 5.76. The summed E-state index contributed by atoms with van der Waals surface area (Å²) < 4.78 is 5.23. The van der Waals surface area contributed by atoms with E-state index in [9.17, 15) is 9.59 Å². The fourth-order valence-electron chi connectivity index (χ4n) is 1.94. The van der Waals surface area contributed by atoms with Crippen LogP contribution in [-0.2, 0) is 14.3 Å². The minimum Gasteiger partial charge on any atom is -0.480 e. The Hall–Kier alpha value is -1.14. The normalized spacial score (nSPS) is 19.6. The Balaban J connectivity index is 2.39. The first kappa shape index (κ1) is 13.9. The fraction of sp³-hybridized carbons (Fsp3) is 0.818. The van der Waals surface area contributed by atoms with Gasteiger partial charge in [-0.2, -0.15) is 0 Å². The molecule has 1 aliphatic heterocycles. The van der Waals surface area contributed by atoms with Gasteiger partial charge in [0, 0.05) is 6.54 Å². The minimum absolute atomic E-state index is 0.0337. The van der Waals surface area contributed by atoms with E-state index in [1.165, 1.54) is 0 Å². The molecule has 0 aromatic heterocycles. The maximum Gasteiger partial charge on any atom is 0.329 e. The van der Waals surface area contributed by atoms with Crippen LogP contribution in [0.4, 0.5) is 0 Å². The van der Waals surface area contributed by atoms with Crippen molar-refractivity contribution in [2.75, 3.05) is 26.2 Å². The van der Waals surface area contributed by atoms with Crippen molar-refractivity contribution in [1.29, 1.82) is 0 Å². The maximum atomic E-state index is 11.9. The summed E-state index contributed by atoms with van der Waals surface area (Å²) in [5, 5.41) is 8.51. The number of carbonyl (C=O) groups is 2. The molecule has 1 amide bonds. The molecule has 0 bridgehead atoms. The number of carbonyl (C=O) groups excluding carboxylic acids is 1. The number of likely N-dealkylation sites (tertiary alicyclic amines) is 1. The fourth-order valence-corrected chi connectivity index (χ4v) is 1.94.